The molecule has 0 atom stereocenters. The van der Waals surface area contributed by atoms with E-state index in [0.29, 0.717) is 118 Å². The minimum Gasteiger partial charge on any atom is -0.505 e. The Morgan fingerprint density at radius 3 is 2.66 bits per heavy atom. The number of nitrogens with zero attached hydrogens (tertiary/aromatic N) is 5. The maximum absolute atomic E-state index is 14.6. The summed E-state index contributed by atoms with van der Waals surface area (Å²) in [6, 6.07) is 0. The lowest BCUT2D eigenvalue weighted by atomic mass is 9.75. The summed E-state index contributed by atoms with van der Waals surface area (Å²) in [4.78, 5) is 54.6. The zero-order valence-corrected chi connectivity index (χ0v) is 27.1. The minimum atomic E-state index is -1.16. The van der Waals surface area contributed by atoms with Gasteiger partial charge < -0.3 is 34.3 Å². The van der Waals surface area contributed by atoms with E-state index in [4.69, 9.17) is 14.5 Å². The molecular weight excluding hydrogens is 627 g/mol. The summed E-state index contributed by atoms with van der Waals surface area (Å²) in [7, 11) is 0. The molecule has 12 nitrogen and oxygen atoms in total. The van der Waals surface area contributed by atoms with Crippen molar-refractivity contribution >= 4 is 44.8 Å². The molecule has 0 unspecified atom stereocenters. The molecule has 9 rings (SSSR count). The van der Waals surface area contributed by atoms with Crippen LogP contribution in [0.1, 0.15) is 65.8 Å². The molecule has 47 heavy (non-hydrogen) atoms. The standard InChI is InChI=1S/C33H37FN6O6S/c1-2-21-26(38-8-10-39(11-9-38)30(44)24-27(42)20-5-14-46-22(20)15-35-24)28(43)25-31(47-29(36-25)19-3-12-45-13-4-19)40(21)16-23(41)37-33-7-6-32(34,17-33)18-33/h3,15,42H,2,4-14,16-18H2,1H3,(H,37,41). The van der Waals surface area contributed by atoms with Crippen LogP contribution in [-0.4, -0.2) is 93.6 Å². The molecule has 248 valence electrons. The molecule has 3 aliphatic carbocycles. The molecule has 2 N–H and O–H groups in total. The van der Waals surface area contributed by atoms with E-state index >= 15 is 0 Å². The van der Waals surface area contributed by atoms with Crippen LogP contribution in [0.2, 0.25) is 0 Å². The van der Waals surface area contributed by atoms with Crippen LogP contribution in [0.5, 0.6) is 11.5 Å². The number of nitrogens with one attached hydrogen (secondary N) is 1. The summed E-state index contributed by atoms with van der Waals surface area (Å²) >= 11 is 1.41. The highest BCUT2D eigenvalue weighted by Gasteiger charge is 2.62. The minimum absolute atomic E-state index is 0.00218. The fourth-order valence-corrected chi connectivity index (χ4v) is 9.20. The third-order valence-corrected chi connectivity index (χ3v) is 11.5. The highest BCUT2D eigenvalue weighted by molar-refractivity contribution is 7.19. The van der Waals surface area contributed by atoms with Crippen molar-refractivity contribution in [1.29, 1.82) is 0 Å². The van der Waals surface area contributed by atoms with Crippen molar-refractivity contribution in [2.75, 3.05) is 50.9 Å². The van der Waals surface area contributed by atoms with E-state index < -0.39 is 11.2 Å². The predicted octanol–water partition coefficient (Wildman–Crippen LogP) is 2.97. The van der Waals surface area contributed by atoms with Gasteiger partial charge in [-0.2, -0.15) is 0 Å². The van der Waals surface area contributed by atoms with Gasteiger partial charge in [-0.1, -0.05) is 24.3 Å². The lowest BCUT2D eigenvalue weighted by molar-refractivity contribution is -0.125. The fraction of sp³-hybridized carbons (Fsp3) is 0.545. The second-order valence-electron chi connectivity index (χ2n) is 13.3. The number of piperazine rings is 1. The van der Waals surface area contributed by atoms with E-state index in [-0.39, 0.29) is 35.2 Å². The normalized spacial score (nSPS) is 24.9. The van der Waals surface area contributed by atoms with Crippen LogP contribution in [0.3, 0.4) is 0 Å². The van der Waals surface area contributed by atoms with Crippen LogP contribution in [0, 0.1) is 0 Å². The van der Waals surface area contributed by atoms with E-state index in [2.05, 4.69) is 10.3 Å². The zero-order chi connectivity index (χ0) is 32.5. The summed E-state index contributed by atoms with van der Waals surface area (Å²) in [5.41, 5.74) is 1.31. The second-order valence-corrected chi connectivity index (χ2v) is 14.3. The summed E-state index contributed by atoms with van der Waals surface area (Å²) in [6.07, 6.45) is 6.99. The molecule has 4 fully saturated rings. The van der Waals surface area contributed by atoms with Crippen LogP contribution < -0.4 is 20.4 Å². The number of amides is 2. The lowest BCUT2D eigenvalue weighted by Crippen LogP contribution is -2.57. The molecule has 0 aromatic carbocycles. The van der Waals surface area contributed by atoms with Gasteiger partial charge >= 0.3 is 0 Å². The van der Waals surface area contributed by atoms with Crippen molar-refractivity contribution in [1.82, 2.24) is 24.8 Å². The number of alkyl halides is 1. The number of thiazole rings is 1. The van der Waals surface area contributed by atoms with E-state index in [1.54, 1.807) is 4.90 Å². The van der Waals surface area contributed by atoms with Crippen LogP contribution in [0.25, 0.3) is 15.9 Å². The van der Waals surface area contributed by atoms with E-state index in [1.165, 1.54) is 17.5 Å². The van der Waals surface area contributed by atoms with Crippen molar-refractivity contribution in [2.45, 2.75) is 69.6 Å². The predicted molar refractivity (Wildman–Crippen MR) is 173 cm³/mol. The van der Waals surface area contributed by atoms with Crippen LogP contribution in [0.15, 0.2) is 17.1 Å². The Morgan fingerprint density at radius 1 is 1.15 bits per heavy atom. The molecule has 3 aromatic rings. The highest BCUT2D eigenvalue weighted by atomic mass is 32.1. The number of hydrogen-bond donors (Lipinski definition) is 2. The van der Waals surface area contributed by atoms with E-state index in [9.17, 15) is 23.9 Å². The maximum Gasteiger partial charge on any atom is 0.276 e. The van der Waals surface area contributed by atoms with Crippen molar-refractivity contribution < 1.29 is 28.6 Å². The Labute approximate surface area is 274 Å². The molecule has 3 aliphatic heterocycles. The van der Waals surface area contributed by atoms with Crippen molar-refractivity contribution in [2.24, 2.45) is 0 Å². The van der Waals surface area contributed by atoms with Gasteiger partial charge in [-0.3, -0.25) is 14.4 Å². The first-order chi connectivity index (χ1) is 22.7. The van der Waals surface area contributed by atoms with Gasteiger partial charge in [0, 0.05) is 62.2 Å². The molecule has 14 heteroatoms. The average molecular weight is 665 g/mol. The van der Waals surface area contributed by atoms with Crippen molar-refractivity contribution in [3.63, 3.8) is 0 Å². The van der Waals surface area contributed by atoms with Gasteiger partial charge in [0.1, 0.15) is 39.0 Å². The first-order valence-corrected chi connectivity index (χ1v) is 17.2. The topological polar surface area (TPSA) is 139 Å². The summed E-state index contributed by atoms with van der Waals surface area (Å²) in [5.74, 6) is -0.212. The number of aromatic hydroxyl groups is 1. The Bertz CT molecular complexity index is 1890. The first-order valence-electron chi connectivity index (χ1n) is 16.4. The number of aromatic nitrogens is 3. The van der Waals surface area contributed by atoms with E-state index in [1.807, 2.05) is 22.5 Å². The Morgan fingerprint density at radius 2 is 1.96 bits per heavy atom. The summed E-state index contributed by atoms with van der Waals surface area (Å²) < 4.78 is 27.5. The summed E-state index contributed by atoms with van der Waals surface area (Å²) in [5, 5.41) is 14.6. The third-order valence-electron chi connectivity index (χ3n) is 10.3. The molecule has 1 saturated heterocycles. The van der Waals surface area contributed by atoms with Gasteiger partial charge in [-0.05, 0) is 31.3 Å². The van der Waals surface area contributed by atoms with Gasteiger partial charge in [-0.25, -0.2) is 14.4 Å². The monoisotopic (exact) mass is 664 g/mol. The van der Waals surface area contributed by atoms with Crippen molar-refractivity contribution in [3.8, 4) is 11.5 Å². The number of halogens is 1. The van der Waals surface area contributed by atoms with Gasteiger partial charge in [0.25, 0.3) is 5.91 Å². The number of pyridine rings is 2. The molecule has 2 amide bonds. The van der Waals surface area contributed by atoms with Crippen LogP contribution >= 0.6 is 11.3 Å². The van der Waals surface area contributed by atoms with Gasteiger partial charge in [-0.15, -0.1) is 0 Å². The molecular formula is C33H37FN6O6S. The van der Waals surface area contributed by atoms with Crippen LogP contribution in [-0.2, 0) is 28.9 Å². The molecule has 2 bridgehead atoms. The number of hydrogen-bond acceptors (Lipinski definition) is 10. The average Bonchev–Trinajstić information content (AvgIpc) is 3.85. The van der Waals surface area contributed by atoms with Crippen LogP contribution in [0.4, 0.5) is 10.1 Å². The Balaban J connectivity index is 1.11. The molecule has 3 aromatic heterocycles. The first kappa shape index (κ1) is 30.3. The molecule has 0 spiro atoms. The number of rotatable bonds is 7. The van der Waals surface area contributed by atoms with Gasteiger partial charge in [0.05, 0.1) is 26.0 Å². The number of carbonyl (C=O) groups is 2. The molecule has 6 aliphatic rings. The number of fused-ring (bicyclic) bond motifs is 3. The van der Waals surface area contributed by atoms with E-state index in [0.717, 1.165) is 16.3 Å². The van der Waals surface area contributed by atoms with Gasteiger partial charge in [0.15, 0.2) is 11.4 Å². The third kappa shape index (κ3) is 5.07. The summed E-state index contributed by atoms with van der Waals surface area (Å²) in [6.45, 7) is 4.84. The smallest absolute Gasteiger partial charge is 0.276 e. The Kier molecular flexibility index (Phi) is 7.28. The molecule has 3 saturated carbocycles. The zero-order valence-electron chi connectivity index (χ0n) is 26.3. The Hall–Kier alpha value is -4.04. The van der Waals surface area contributed by atoms with Gasteiger partial charge in [0.2, 0.25) is 11.3 Å². The highest BCUT2D eigenvalue weighted by Crippen LogP contribution is 2.57. The number of carbonyl (C=O) groups excluding carboxylic acids is 2. The quantitative estimate of drug-likeness (QED) is 0.390. The largest absolute Gasteiger partial charge is 0.505 e. The SMILES string of the molecule is CCc1c(N2CCN(C(=O)c3ncc4c(c3O)CCO4)CC2)c(=O)c2nc(C3=CCOCC3)sc2n1CC(=O)NC12CCC(F)(C1)C2. The van der Waals surface area contributed by atoms with Crippen molar-refractivity contribution in [3.05, 3.63) is 44.5 Å². The number of ether oxygens (including phenoxy) is 2. The number of anilines is 1. The molecule has 6 heterocycles. The fourth-order valence-electron chi connectivity index (χ4n) is 8.04. The maximum atomic E-state index is 14.6. The lowest BCUT2D eigenvalue weighted by Gasteiger charge is -2.42. The second kappa shape index (κ2) is 11.3. The molecule has 0 radical (unpaired) electrons.